The number of carbonyl (C=O) groups excluding carboxylic acids is 3. The summed E-state index contributed by atoms with van der Waals surface area (Å²) in [6.45, 7) is 3.39. The Morgan fingerprint density at radius 1 is 1.06 bits per heavy atom. The van der Waals surface area contributed by atoms with Gasteiger partial charge in [0.05, 0.1) is 18.0 Å². The predicted molar refractivity (Wildman–Crippen MR) is 124 cm³/mol. The highest BCUT2D eigenvalue weighted by Crippen LogP contribution is 2.33. The molecule has 0 spiro atoms. The predicted octanol–water partition coefficient (Wildman–Crippen LogP) is 2.15. The molecule has 0 aliphatic carbocycles. The lowest BCUT2D eigenvalue weighted by Gasteiger charge is -2.35. The topological polar surface area (TPSA) is 94.2 Å². The minimum absolute atomic E-state index is 0.0996. The third-order valence-corrected chi connectivity index (χ3v) is 4.90. The van der Waals surface area contributed by atoms with Crippen LogP contribution in [0.3, 0.4) is 0 Å². The summed E-state index contributed by atoms with van der Waals surface area (Å²) in [6, 6.07) is 13.7. The van der Waals surface area contributed by atoms with Crippen LogP contribution in [0.2, 0.25) is 0 Å². The Balaban J connectivity index is 1.71. The smallest absolute Gasteiger partial charge is 0.326 e. The quantitative estimate of drug-likeness (QED) is 0.657. The van der Waals surface area contributed by atoms with Crippen molar-refractivity contribution in [3.8, 4) is 5.75 Å². The van der Waals surface area contributed by atoms with Gasteiger partial charge in [-0.2, -0.15) is 0 Å². The molecule has 2 N–H and O–H groups in total. The van der Waals surface area contributed by atoms with Gasteiger partial charge in [0.25, 0.3) is 0 Å². The fraction of sp³-hybridized carbons (Fsp3) is 0.348. The average Bonchev–Trinajstić information content (AvgIpc) is 2.76. The second-order valence-corrected chi connectivity index (χ2v) is 7.60. The van der Waals surface area contributed by atoms with Crippen molar-refractivity contribution in [1.29, 1.82) is 0 Å². The molecule has 0 saturated heterocycles. The number of rotatable bonds is 8. The minimum Gasteiger partial charge on any atom is -0.494 e. The molecule has 4 amide bonds. The zero-order valence-corrected chi connectivity index (χ0v) is 18.6. The zero-order valence-electron chi connectivity index (χ0n) is 18.6. The van der Waals surface area contributed by atoms with E-state index in [1.54, 1.807) is 48.5 Å². The van der Waals surface area contributed by atoms with Crippen molar-refractivity contribution < 1.29 is 19.1 Å². The van der Waals surface area contributed by atoms with Crippen LogP contribution in [0.4, 0.5) is 21.9 Å². The number of benzene rings is 2. The third-order valence-electron chi connectivity index (χ3n) is 4.90. The van der Waals surface area contributed by atoms with Gasteiger partial charge >= 0.3 is 6.03 Å². The normalized spacial score (nSPS) is 13.1. The molecule has 1 aliphatic rings. The molecule has 1 heterocycles. The molecule has 2 aromatic rings. The zero-order chi connectivity index (χ0) is 23.1. The number of urea groups is 1. The first-order chi connectivity index (χ1) is 15.4. The van der Waals surface area contributed by atoms with Gasteiger partial charge < -0.3 is 20.3 Å². The molecule has 0 fully saturated rings. The average molecular weight is 440 g/mol. The number of ether oxygens (including phenoxy) is 1. The van der Waals surface area contributed by atoms with Crippen LogP contribution in [0.5, 0.6) is 5.75 Å². The number of anilines is 3. The van der Waals surface area contributed by atoms with Gasteiger partial charge in [-0.05, 0) is 57.4 Å². The molecule has 2 aromatic carbocycles. The molecular formula is C23H29N5O4. The van der Waals surface area contributed by atoms with Gasteiger partial charge in [0.1, 0.15) is 18.8 Å². The van der Waals surface area contributed by atoms with Crippen LogP contribution in [0.1, 0.15) is 6.92 Å². The first kappa shape index (κ1) is 23.1. The largest absolute Gasteiger partial charge is 0.494 e. The van der Waals surface area contributed by atoms with E-state index in [9.17, 15) is 14.4 Å². The Morgan fingerprint density at radius 3 is 2.41 bits per heavy atom. The number of hydrogen-bond acceptors (Lipinski definition) is 5. The number of hydrogen-bond donors (Lipinski definition) is 2. The van der Waals surface area contributed by atoms with E-state index in [1.807, 2.05) is 25.9 Å². The van der Waals surface area contributed by atoms with Crippen LogP contribution in [-0.2, 0) is 9.59 Å². The molecule has 1 aliphatic heterocycles. The highest BCUT2D eigenvalue weighted by atomic mass is 16.5. The summed E-state index contributed by atoms with van der Waals surface area (Å²) < 4.78 is 5.41. The molecule has 9 nitrogen and oxygen atoms in total. The Hall–Kier alpha value is -3.59. The Bertz CT molecular complexity index is 961. The molecule has 0 atom stereocenters. The monoisotopic (exact) mass is 439 g/mol. The fourth-order valence-corrected chi connectivity index (χ4v) is 3.33. The van der Waals surface area contributed by atoms with Gasteiger partial charge in [-0.1, -0.05) is 12.1 Å². The molecule has 0 saturated carbocycles. The highest BCUT2D eigenvalue weighted by molar-refractivity contribution is 6.15. The van der Waals surface area contributed by atoms with Gasteiger partial charge in [-0.15, -0.1) is 0 Å². The van der Waals surface area contributed by atoms with Gasteiger partial charge in [0.15, 0.2) is 0 Å². The second-order valence-electron chi connectivity index (χ2n) is 7.60. The van der Waals surface area contributed by atoms with Crippen LogP contribution in [0, 0.1) is 0 Å². The van der Waals surface area contributed by atoms with Gasteiger partial charge in [-0.3, -0.25) is 19.4 Å². The summed E-state index contributed by atoms with van der Waals surface area (Å²) >= 11 is 0. The first-order valence-electron chi connectivity index (χ1n) is 10.5. The maximum atomic E-state index is 12.9. The molecule has 9 heteroatoms. The SMILES string of the molecule is CCOc1ccc(NC(=O)N2CC(=O)N(CC(=O)NCCN(C)C)c3ccccc32)cc1. The van der Waals surface area contributed by atoms with E-state index in [0.29, 0.717) is 42.5 Å². The Labute approximate surface area is 187 Å². The summed E-state index contributed by atoms with van der Waals surface area (Å²) in [4.78, 5) is 42.9. The number of likely N-dealkylation sites (N-methyl/N-ethyl adjacent to an activating group) is 1. The molecule has 3 rings (SSSR count). The van der Waals surface area contributed by atoms with E-state index < -0.39 is 6.03 Å². The lowest BCUT2D eigenvalue weighted by Crippen LogP contribution is -2.52. The second kappa shape index (κ2) is 10.6. The van der Waals surface area contributed by atoms with Crippen molar-refractivity contribution in [2.45, 2.75) is 6.92 Å². The van der Waals surface area contributed by atoms with Crippen molar-refractivity contribution in [1.82, 2.24) is 10.2 Å². The molecule has 0 radical (unpaired) electrons. The fourth-order valence-electron chi connectivity index (χ4n) is 3.33. The summed E-state index contributed by atoms with van der Waals surface area (Å²) in [5, 5.41) is 5.63. The van der Waals surface area contributed by atoms with Gasteiger partial charge in [0, 0.05) is 18.8 Å². The van der Waals surface area contributed by atoms with Gasteiger partial charge in [0.2, 0.25) is 11.8 Å². The number of amides is 4. The third kappa shape index (κ3) is 5.76. The van der Waals surface area contributed by atoms with Crippen molar-refractivity contribution in [3.05, 3.63) is 48.5 Å². The maximum Gasteiger partial charge on any atom is 0.326 e. The van der Waals surface area contributed by atoms with Crippen molar-refractivity contribution >= 4 is 34.9 Å². The maximum absolute atomic E-state index is 12.9. The van der Waals surface area contributed by atoms with Crippen LogP contribution in [0.25, 0.3) is 0 Å². The van der Waals surface area contributed by atoms with E-state index >= 15 is 0 Å². The standard InChI is InChI=1S/C23H29N5O4/c1-4-32-18-11-9-17(10-12-18)25-23(31)28-16-22(30)27(19-7-5-6-8-20(19)28)15-21(29)24-13-14-26(2)3/h5-12H,4,13-16H2,1-3H3,(H,24,29)(H,25,31). The summed E-state index contributed by atoms with van der Waals surface area (Å²) in [7, 11) is 3.84. The van der Waals surface area contributed by atoms with E-state index in [2.05, 4.69) is 10.6 Å². The van der Waals surface area contributed by atoms with Crippen LogP contribution < -0.4 is 25.2 Å². The molecular weight excluding hydrogens is 410 g/mol. The number of para-hydroxylation sites is 2. The van der Waals surface area contributed by atoms with Crippen LogP contribution in [-0.4, -0.2) is 69.6 Å². The lowest BCUT2D eigenvalue weighted by molar-refractivity contribution is -0.123. The molecule has 170 valence electrons. The Morgan fingerprint density at radius 2 is 1.75 bits per heavy atom. The Kier molecular flexibility index (Phi) is 7.67. The van der Waals surface area contributed by atoms with Crippen LogP contribution >= 0.6 is 0 Å². The van der Waals surface area contributed by atoms with E-state index in [-0.39, 0.29) is 24.9 Å². The van der Waals surface area contributed by atoms with E-state index in [0.717, 1.165) is 0 Å². The van der Waals surface area contributed by atoms with Crippen molar-refractivity contribution in [2.24, 2.45) is 0 Å². The summed E-state index contributed by atoms with van der Waals surface area (Å²) in [5.41, 5.74) is 1.68. The summed E-state index contributed by atoms with van der Waals surface area (Å²) in [5.74, 6) is 0.138. The van der Waals surface area contributed by atoms with E-state index in [1.165, 1.54) is 9.80 Å². The molecule has 32 heavy (non-hydrogen) atoms. The lowest BCUT2D eigenvalue weighted by atomic mass is 10.1. The first-order valence-corrected chi connectivity index (χ1v) is 10.5. The summed E-state index contributed by atoms with van der Waals surface area (Å²) in [6.07, 6.45) is 0. The number of carbonyl (C=O) groups is 3. The minimum atomic E-state index is -0.426. The number of nitrogens with zero attached hydrogens (tertiary/aromatic N) is 3. The van der Waals surface area contributed by atoms with Crippen LogP contribution in [0.15, 0.2) is 48.5 Å². The van der Waals surface area contributed by atoms with E-state index in [4.69, 9.17) is 4.74 Å². The number of fused-ring (bicyclic) bond motifs is 1. The number of nitrogens with one attached hydrogen (secondary N) is 2. The van der Waals surface area contributed by atoms with Gasteiger partial charge in [-0.25, -0.2) is 4.79 Å². The molecule has 0 aromatic heterocycles. The molecule has 0 bridgehead atoms. The highest BCUT2D eigenvalue weighted by Gasteiger charge is 2.33. The van der Waals surface area contributed by atoms with Crippen molar-refractivity contribution in [2.75, 3.05) is 62.0 Å². The van der Waals surface area contributed by atoms with Crippen molar-refractivity contribution in [3.63, 3.8) is 0 Å². The molecule has 0 unspecified atom stereocenters.